The predicted octanol–water partition coefficient (Wildman–Crippen LogP) is 3.88. The van der Waals surface area contributed by atoms with Gasteiger partial charge in [-0.05, 0) is 36.9 Å². The Bertz CT molecular complexity index is 909. The SMILES string of the molecule is Cc1ccc2c(n1)Oc1nc(Cl)ccc1C2C(C)(C)C(=O)N=C(N)SC=N. The van der Waals surface area contributed by atoms with E-state index in [0.29, 0.717) is 11.8 Å². The van der Waals surface area contributed by atoms with E-state index in [1.54, 1.807) is 26.0 Å². The van der Waals surface area contributed by atoms with Crippen molar-refractivity contribution in [2.24, 2.45) is 16.1 Å². The van der Waals surface area contributed by atoms with Gasteiger partial charge >= 0.3 is 0 Å². The zero-order chi connectivity index (χ0) is 19.8. The van der Waals surface area contributed by atoms with Crippen LogP contribution < -0.4 is 10.5 Å². The maximum Gasteiger partial charge on any atom is 0.254 e. The van der Waals surface area contributed by atoms with Gasteiger partial charge in [0.05, 0.1) is 11.0 Å². The van der Waals surface area contributed by atoms with Crippen molar-refractivity contribution in [3.63, 3.8) is 0 Å². The summed E-state index contributed by atoms with van der Waals surface area (Å²) in [6.07, 6.45) is 0. The van der Waals surface area contributed by atoms with Gasteiger partial charge in [0.25, 0.3) is 5.91 Å². The molecule has 1 amide bonds. The fraction of sp³-hybridized carbons (Fsp3) is 0.278. The molecule has 0 fully saturated rings. The lowest BCUT2D eigenvalue weighted by atomic mass is 9.70. The lowest BCUT2D eigenvalue weighted by Crippen LogP contribution is -2.34. The second-order valence-corrected chi connectivity index (χ2v) is 7.90. The third-order valence-electron chi connectivity index (χ3n) is 4.36. The Hall–Kier alpha value is -2.45. The molecule has 1 aliphatic rings. The topological polar surface area (TPSA) is 114 Å². The lowest BCUT2D eigenvalue weighted by molar-refractivity contribution is -0.126. The monoisotopic (exact) mass is 403 g/mol. The molecule has 2 aromatic rings. The van der Waals surface area contributed by atoms with Crippen LogP contribution in [0.4, 0.5) is 0 Å². The number of carbonyl (C=O) groups is 1. The molecule has 9 heteroatoms. The van der Waals surface area contributed by atoms with Gasteiger partial charge in [-0.3, -0.25) is 4.79 Å². The van der Waals surface area contributed by atoms with Gasteiger partial charge < -0.3 is 15.9 Å². The summed E-state index contributed by atoms with van der Waals surface area (Å²) in [5.74, 6) is -0.0874. The number of fused-ring (bicyclic) bond motifs is 2. The number of rotatable bonds is 3. The Morgan fingerprint density at radius 3 is 2.59 bits per heavy atom. The van der Waals surface area contributed by atoms with E-state index in [1.165, 1.54) is 0 Å². The number of amidine groups is 1. The summed E-state index contributed by atoms with van der Waals surface area (Å²) >= 11 is 6.90. The molecule has 140 valence electrons. The minimum absolute atomic E-state index is 0.0202. The van der Waals surface area contributed by atoms with E-state index in [4.69, 9.17) is 27.5 Å². The highest BCUT2D eigenvalue weighted by molar-refractivity contribution is 8.24. The summed E-state index contributed by atoms with van der Waals surface area (Å²) in [4.78, 5) is 25.6. The molecule has 3 N–H and O–H groups in total. The van der Waals surface area contributed by atoms with Crippen LogP contribution in [0.15, 0.2) is 29.3 Å². The number of aryl methyl sites for hydroxylation is 1. The van der Waals surface area contributed by atoms with Crippen LogP contribution in [0.1, 0.15) is 36.6 Å². The molecular weight excluding hydrogens is 386 g/mol. The van der Waals surface area contributed by atoms with Crippen LogP contribution in [-0.4, -0.2) is 26.6 Å². The summed E-state index contributed by atoms with van der Waals surface area (Å²) in [5.41, 5.74) is 8.05. The first-order valence-electron chi connectivity index (χ1n) is 8.10. The molecule has 7 nitrogen and oxygen atoms in total. The number of halogens is 1. The number of hydrogen-bond donors (Lipinski definition) is 2. The number of nitrogens with two attached hydrogens (primary N) is 1. The van der Waals surface area contributed by atoms with Gasteiger partial charge in [-0.2, -0.15) is 4.99 Å². The standard InChI is InChI=1S/C18H18ClN5O2S/c1-9-4-5-10-13(18(2,3)16(25)24-17(21)27-8-20)11-6-7-12(19)23-15(11)26-14(10)22-9/h4-8,13,20H,1-3H3,(H2,21,24,25). The minimum Gasteiger partial charge on any atom is -0.420 e. The summed E-state index contributed by atoms with van der Waals surface area (Å²) in [6, 6.07) is 7.22. The molecule has 27 heavy (non-hydrogen) atoms. The van der Waals surface area contributed by atoms with Gasteiger partial charge in [-0.1, -0.05) is 31.5 Å². The average molecular weight is 404 g/mol. The first-order valence-corrected chi connectivity index (χ1v) is 9.36. The van der Waals surface area contributed by atoms with E-state index >= 15 is 0 Å². The molecule has 0 saturated carbocycles. The fourth-order valence-corrected chi connectivity index (χ4v) is 3.46. The van der Waals surface area contributed by atoms with Crippen LogP contribution in [-0.2, 0) is 4.79 Å². The minimum atomic E-state index is -0.965. The predicted molar refractivity (Wildman–Crippen MR) is 107 cm³/mol. The van der Waals surface area contributed by atoms with Crippen LogP contribution >= 0.6 is 23.4 Å². The Balaban J connectivity index is 2.15. The first-order chi connectivity index (χ1) is 12.7. The number of pyridine rings is 2. The number of nitrogens with one attached hydrogen (secondary N) is 1. The van der Waals surface area contributed by atoms with Crippen molar-refractivity contribution >= 4 is 40.0 Å². The van der Waals surface area contributed by atoms with Gasteiger partial charge in [0.1, 0.15) is 5.15 Å². The number of aliphatic imine (C=N–C) groups is 1. The van der Waals surface area contributed by atoms with Crippen molar-refractivity contribution in [2.75, 3.05) is 0 Å². The lowest BCUT2D eigenvalue weighted by Gasteiger charge is -2.36. The van der Waals surface area contributed by atoms with Crippen LogP contribution in [0.2, 0.25) is 5.15 Å². The zero-order valence-electron chi connectivity index (χ0n) is 15.0. The number of thioether (sulfide) groups is 1. The molecular formula is C18H18ClN5O2S. The molecule has 3 rings (SSSR count). The molecule has 0 aromatic carbocycles. The average Bonchev–Trinajstić information content (AvgIpc) is 2.59. The highest BCUT2D eigenvalue weighted by Gasteiger charge is 2.44. The van der Waals surface area contributed by atoms with Gasteiger partial charge in [0.15, 0.2) is 5.17 Å². The normalized spacial score (nSPS) is 16.1. The van der Waals surface area contributed by atoms with Crippen molar-refractivity contribution in [2.45, 2.75) is 26.7 Å². The largest absolute Gasteiger partial charge is 0.420 e. The Labute approximate surface area is 165 Å². The Kier molecular flexibility index (Phi) is 5.21. The van der Waals surface area contributed by atoms with Crippen molar-refractivity contribution in [3.05, 3.63) is 46.2 Å². The second-order valence-electron chi connectivity index (χ2n) is 6.62. The number of ether oxygens (including phenoxy) is 1. The van der Waals surface area contributed by atoms with E-state index in [1.807, 2.05) is 19.1 Å². The maximum absolute atomic E-state index is 12.9. The van der Waals surface area contributed by atoms with E-state index in [9.17, 15) is 4.79 Å². The molecule has 0 aliphatic carbocycles. The Morgan fingerprint density at radius 1 is 1.30 bits per heavy atom. The number of hydrogen-bond acceptors (Lipinski definition) is 6. The van der Waals surface area contributed by atoms with Gasteiger partial charge in [-0.25, -0.2) is 9.97 Å². The van der Waals surface area contributed by atoms with E-state index in [-0.39, 0.29) is 10.3 Å². The van der Waals surface area contributed by atoms with Crippen LogP contribution in [0.25, 0.3) is 0 Å². The summed E-state index contributed by atoms with van der Waals surface area (Å²) in [5, 5.41) is 7.39. The molecule has 0 bridgehead atoms. The molecule has 0 saturated heterocycles. The van der Waals surface area contributed by atoms with Crippen LogP contribution in [0, 0.1) is 17.7 Å². The van der Waals surface area contributed by atoms with Gasteiger partial charge in [0, 0.05) is 22.7 Å². The fourth-order valence-electron chi connectivity index (χ4n) is 3.07. The van der Waals surface area contributed by atoms with Crippen LogP contribution in [0.3, 0.4) is 0 Å². The van der Waals surface area contributed by atoms with Crippen LogP contribution in [0.5, 0.6) is 11.8 Å². The molecule has 0 radical (unpaired) electrons. The summed E-state index contributed by atoms with van der Waals surface area (Å²) in [7, 11) is 0. The smallest absolute Gasteiger partial charge is 0.254 e. The maximum atomic E-state index is 12.9. The molecule has 3 heterocycles. The highest BCUT2D eigenvalue weighted by Crippen LogP contribution is 2.51. The summed E-state index contributed by atoms with van der Waals surface area (Å²) < 4.78 is 5.85. The highest BCUT2D eigenvalue weighted by atomic mass is 35.5. The van der Waals surface area contributed by atoms with E-state index in [0.717, 1.165) is 34.1 Å². The van der Waals surface area contributed by atoms with E-state index < -0.39 is 17.2 Å². The zero-order valence-corrected chi connectivity index (χ0v) is 16.6. The summed E-state index contributed by atoms with van der Waals surface area (Å²) in [6.45, 7) is 5.44. The number of aromatic nitrogens is 2. The first kappa shape index (κ1) is 19.3. The molecule has 1 unspecified atom stereocenters. The van der Waals surface area contributed by atoms with Crippen molar-refractivity contribution in [1.82, 2.24) is 9.97 Å². The quantitative estimate of drug-likeness (QED) is 0.456. The molecule has 1 aliphatic heterocycles. The van der Waals surface area contributed by atoms with Crippen molar-refractivity contribution in [3.8, 4) is 11.8 Å². The number of nitrogens with zero attached hydrogens (tertiary/aromatic N) is 3. The third-order valence-corrected chi connectivity index (χ3v) is 5.03. The van der Waals surface area contributed by atoms with Crippen molar-refractivity contribution in [1.29, 1.82) is 5.41 Å². The Morgan fingerprint density at radius 2 is 1.93 bits per heavy atom. The van der Waals surface area contributed by atoms with E-state index in [2.05, 4.69) is 15.0 Å². The molecule has 0 spiro atoms. The van der Waals surface area contributed by atoms with Crippen molar-refractivity contribution < 1.29 is 9.53 Å². The molecule has 2 aromatic heterocycles. The molecule has 1 atom stereocenters. The number of amides is 1. The third kappa shape index (κ3) is 3.68. The number of carbonyl (C=O) groups excluding carboxylic acids is 1. The second kappa shape index (κ2) is 7.28. The van der Waals surface area contributed by atoms with Gasteiger partial charge in [-0.15, -0.1) is 0 Å². The van der Waals surface area contributed by atoms with Gasteiger partial charge in [0.2, 0.25) is 11.8 Å².